The van der Waals surface area contributed by atoms with Gasteiger partial charge in [-0.2, -0.15) is 0 Å². The van der Waals surface area contributed by atoms with E-state index in [1.54, 1.807) is 24.3 Å². The first-order valence-electron chi connectivity index (χ1n) is 6.74. The van der Waals surface area contributed by atoms with Crippen LogP contribution >= 0.6 is 12.2 Å². The van der Waals surface area contributed by atoms with Crippen molar-refractivity contribution >= 4 is 29.1 Å². The first-order valence-corrected chi connectivity index (χ1v) is 7.15. The summed E-state index contributed by atoms with van der Waals surface area (Å²) in [5.41, 5.74) is 6.11. The molecule has 0 bridgehead atoms. The van der Waals surface area contributed by atoms with Gasteiger partial charge >= 0.3 is 0 Å². The Hall–Kier alpha value is -2.93. The molecule has 0 aliphatic heterocycles. The SMILES string of the molecule is Cc1ccccc1C(=O)NC(=S)NNC(=O)c1ccccc1O. The molecule has 0 unspecified atom stereocenters. The minimum atomic E-state index is -0.574. The Labute approximate surface area is 138 Å². The number of hydrogen-bond acceptors (Lipinski definition) is 4. The van der Waals surface area contributed by atoms with E-state index in [0.29, 0.717) is 5.56 Å². The molecule has 7 heteroatoms. The quantitative estimate of drug-likeness (QED) is 0.497. The third-order valence-corrected chi connectivity index (χ3v) is 3.26. The molecular formula is C16H15N3O3S. The van der Waals surface area contributed by atoms with Gasteiger partial charge in [0.1, 0.15) is 5.75 Å². The first kappa shape index (κ1) is 16.4. The number of hydrazine groups is 1. The summed E-state index contributed by atoms with van der Waals surface area (Å²) in [6.45, 7) is 1.81. The minimum absolute atomic E-state index is 0.0537. The fraction of sp³-hybridized carbons (Fsp3) is 0.0625. The number of benzene rings is 2. The zero-order valence-electron chi connectivity index (χ0n) is 12.3. The third-order valence-electron chi connectivity index (χ3n) is 3.05. The summed E-state index contributed by atoms with van der Waals surface area (Å²) in [6.07, 6.45) is 0. The average molecular weight is 329 g/mol. The van der Waals surface area contributed by atoms with Crippen molar-refractivity contribution in [1.82, 2.24) is 16.2 Å². The number of phenols is 1. The van der Waals surface area contributed by atoms with E-state index in [1.807, 2.05) is 19.1 Å². The van der Waals surface area contributed by atoms with Gasteiger partial charge < -0.3 is 5.11 Å². The Balaban J connectivity index is 1.91. The van der Waals surface area contributed by atoms with Crippen molar-refractivity contribution in [1.29, 1.82) is 0 Å². The highest BCUT2D eigenvalue weighted by atomic mass is 32.1. The second kappa shape index (κ2) is 7.37. The third kappa shape index (κ3) is 4.27. The first-order chi connectivity index (χ1) is 11.0. The number of rotatable bonds is 2. The van der Waals surface area contributed by atoms with Crippen molar-refractivity contribution in [3.63, 3.8) is 0 Å². The van der Waals surface area contributed by atoms with Gasteiger partial charge in [-0.1, -0.05) is 30.3 Å². The van der Waals surface area contributed by atoms with Gasteiger partial charge in [-0.15, -0.1) is 0 Å². The topological polar surface area (TPSA) is 90.5 Å². The summed E-state index contributed by atoms with van der Waals surface area (Å²) < 4.78 is 0. The lowest BCUT2D eigenvalue weighted by Gasteiger charge is -2.12. The maximum absolute atomic E-state index is 12.1. The van der Waals surface area contributed by atoms with Gasteiger partial charge in [0.15, 0.2) is 5.11 Å². The molecule has 0 heterocycles. The van der Waals surface area contributed by atoms with Crippen molar-refractivity contribution in [3.8, 4) is 5.75 Å². The van der Waals surface area contributed by atoms with E-state index in [1.165, 1.54) is 12.1 Å². The molecule has 0 saturated heterocycles. The van der Waals surface area contributed by atoms with Crippen LogP contribution < -0.4 is 16.2 Å². The number of hydrogen-bond donors (Lipinski definition) is 4. The predicted molar refractivity (Wildman–Crippen MR) is 90.0 cm³/mol. The van der Waals surface area contributed by atoms with E-state index >= 15 is 0 Å². The van der Waals surface area contributed by atoms with Crippen molar-refractivity contribution in [2.45, 2.75) is 6.92 Å². The Morgan fingerprint density at radius 3 is 2.17 bits per heavy atom. The smallest absolute Gasteiger partial charge is 0.273 e. The summed E-state index contributed by atoms with van der Waals surface area (Å²) >= 11 is 4.95. The van der Waals surface area contributed by atoms with Gasteiger partial charge in [0.25, 0.3) is 11.8 Å². The van der Waals surface area contributed by atoms with Gasteiger partial charge in [-0.3, -0.25) is 25.8 Å². The monoisotopic (exact) mass is 329 g/mol. The number of phenolic OH excluding ortho intramolecular Hbond substituents is 1. The number of thiocarbonyl (C=S) groups is 1. The molecule has 0 aliphatic carbocycles. The van der Waals surface area contributed by atoms with E-state index in [0.717, 1.165) is 5.56 Å². The van der Waals surface area contributed by atoms with Crippen LogP contribution in [-0.4, -0.2) is 22.0 Å². The van der Waals surface area contributed by atoms with Crippen molar-refractivity contribution < 1.29 is 14.7 Å². The maximum Gasteiger partial charge on any atom is 0.273 e. The van der Waals surface area contributed by atoms with E-state index in [4.69, 9.17) is 12.2 Å². The molecule has 6 nitrogen and oxygen atoms in total. The molecule has 0 fully saturated rings. The van der Waals surface area contributed by atoms with Crippen LogP contribution in [0.4, 0.5) is 0 Å². The van der Waals surface area contributed by atoms with Gasteiger partial charge in [-0.05, 0) is 42.9 Å². The lowest BCUT2D eigenvalue weighted by Crippen LogP contribution is -2.48. The molecule has 0 radical (unpaired) electrons. The Kier molecular flexibility index (Phi) is 5.27. The fourth-order valence-electron chi connectivity index (χ4n) is 1.88. The number of nitrogens with one attached hydrogen (secondary N) is 3. The van der Waals surface area contributed by atoms with Crippen LogP contribution in [0.15, 0.2) is 48.5 Å². The fourth-order valence-corrected chi connectivity index (χ4v) is 2.02. The van der Waals surface area contributed by atoms with Crippen LogP contribution in [0.3, 0.4) is 0 Å². The number of para-hydroxylation sites is 1. The van der Waals surface area contributed by atoms with Crippen molar-refractivity contribution in [3.05, 3.63) is 65.2 Å². The molecule has 0 atom stereocenters. The number of aryl methyl sites for hydroxylation is 1. The molecule has 118 valence electrons. The van der Waals surface area contributed by atoms with Crippen LogP contribution in [0.25, 0.3) is 0 Å². The van der Waals surface area contributed by atoms with Crippen LogP contribution in [-0.2, 0) is 0 Å². The van der Waals surface area contributed by atoms with Gasteiger partial charge in [0.2, 0.25) is 0 Å². The maximum atomic E-state index is 12.1. The van der Waals surface area contributed by atoms with Crippen LogP contribution in [0, 0.1) is 6.92 Å². The number of carbonyl (C=O) groups excluding carboxylic acids is 2. The number of amides is 2. The van der Waals surface area contributed by atoms with Crippen LogP contribution in [0.5, 0.6) is 5.75 Å². The molecule has 23 heavy (non-hydrogen) atoms. The average Bonchev–Trinajstić information content (AvgIpc) is 2.53. The normalized spacial score (nSPS) is 9.78. The van der Waals surface area contributed by atoms with Crippen LogP contribution in [0.2, 0.25) is 0 Å². The molecule has 0 spiro atoms. The Morgan fingerprint density at radius 1 is 0.913 bits per heavy atom. The molecular weight excluding hydrogens is 314 g/mol. The summed E-state index contributed by atoms with van der Waals surface area (Å²) in [7, 11) is 0. The van der Waals surface area contributed by atoms with E-state index in [2.05, 4.69) is 16.2 Å². The van der Waals surface area contributed by atoms with Crippen molar-refractivity contribution in [2.75, 3.05) is 0 Å². The summed E-state index contributed by atoms with van der Waals surface area (Å²) in [6, 6.07) is 13.1. The van der Waals surface area contributed by atoms with Gasteiger partial charge in [0.05, 0.1) is 5.56 Å². The molecule has 0 saturated carbocycles. The highest BCUT2D eigenvalue weighted by Gasteiger charge is 2.12. The summed E-state index contributed by atoms with van der Waals surface area (Å²) in [5, 5.41) is 12.0. The molecule has 0 aliphatic rings. The largest absolute Gasteiger partial charge is 0.507 e. The summed E-state index contributed by atoms with van der Waals surface area (Å²) in [5.74, 6) is -1.10. The predicted octanol–water partition coefficient (Wildman–Crippen LogP) is 1.65. The highest BCUT2D eigenvalue weighted by molar-refractivity contribution is 7.80. The highest BCUT2D eigenvalue weighted by Crippen LogP contribution is 2.14. The second-order valence-electron chi connectivity index (χ2n) is 4.69. The van der Waals surface area contributed by atoms with E-state index in [-0.39, 0.29) is 22.3 Å². The lowest BCUT2D eigenvalue weighted by molar-refractivity contribution is 0.0932. The van der Waals surface area contributed by atoms with Gasteiger partial charge in [-0.25, -0.2) is 0 Å². The standard InChI is InChI=1S/C16H15N3O3S/c1-10-6-2-3-7-11(10)14(21)17-16(23)19-18-15(22)12-8-4-5-9-13(12)20/h2-9,20H,1H3,(H,18,22)(H2,17,19,21,23). The van der Waals surface area contributed by atoms with E-state index < -0.39 is 5.91 Å². The van der Waals surface area contributed by atoms with Gasteiger partial charge in [0, 0.05) is 5.56 Å². The zero-order chi connectivity index (χ0) is 16.8. The van der Waals surface area contributed by atoms with E-state index in [9.17, 15) is 14.7 Å². The minimum Gasteiger partial charge on any atom is -0.507 e. The molecule has 2 aromatic rings. The second-order valence-corrected chi connectivity index (χ2v) is 5.10. The molecule has 2 amide bonds. The van der Waals surface area contributed by atoms with Crippen molar-refractivity contribution in [2.24, 2.45) is 0 Å². The molecule has 2 rings (SSSR count). The number of aromatic hydroxyl groups is 1. The Bertz CT molecular complexity index is 762. The molecule has 2 aromatic carbocycles. The molecule has 0 aromatic heterocycles. The lowest BCUT2D eigenvalue weighted by atomic mass is 10.1. The zero-order valence-corrected chi connectivity index (χ0v) is 13.1. The molecule has 4 N–H and O–H groups in total. The number of carbonyl (C=O) groups is 2. The van der Waals surface area contributed by atoms with Crippen LogP contribution in [0.1, 0.15) is 26.3 Å². The Morgan fingerprint density at radius 2 is 1.52 bits per heavy atom. The summed E-state index contributed by atoms with van der Waals surface area (Å²) in [4.78, 5) is 23.9.